The van der Waals surface area contributed by atoms with Gasteiger partial charge in [-0.25, -0.2) is 0 Å². The fraction of sp³-hybridized carbons (Fsp3) is 0.263. The topological polar surface area (TPSA) is 76.9 Å². The van der Waals surface area contributed by atoms with Crippen molar-refractivity contribution < 1.29 is 4.79 Å². The average molecular weight is 368 g/mol. The van der Waals surface area contributed by atoms with E-state index in [1.807, 2.05) is 30.3 Å². The number of anilines is 1. The second-order valence-electron chi connectivity index (χ2n) is 6.39. The van der Waals surface area contributed by atoms with Gasteiger partial charge in [-0.05, 0) is 23.6 Å². The average Bonchev–Trinajstić information content (AvgIpc) is 3.03. The van der Waals surface area contributed by atoms with Gasteiger partial charge in [0.15, 0.2) is 0 Å². The van der Waals surface area contributed by atoms with Crippen LogP contribution in [0.3, 0.4) is 0 Å². The molecule has 0 saturated carbocycles. The van der Waals surface area contributed by atoms with Gasteiger partial charge in [0.25, 0.3) is 11.5 Å². The molecule has 134 valence electrons. The minimum atomic E-state index is -0.468. The molecule has 3 rings (SSSR count). The summed E-state index contributed by atoms with van der Waals surface area (Å²) in [6.07, 6.45) is 2.49. The van der Waals surface area contributed by atoms with E-state index in [4.69, 9.17) is 0 Å². The number of rotatable bonds is 6. The molecule has 0 atom stereocenters. The number of amides is 1. The number of nitrogens with zero attached hydrogens (tertiary/aromatic N) is 3. The van der Waals surface area contributed by atoms with Crippen molar-refractivity contribution in [3.63, 3.8) is 0 Å². The maximum Gasteiger partial charge on any atom is 0.263 e. The first-order valence-electron chi connectivity index (χ1n) is 8.40. The summed E-state index contributed by atoms with van der Waals surface area (Å²) in [4.78, 5) is 25.1. The molecule has 0 unspecified atom stereocenters. The Labute approximate surface area is 155 Å². The van der Waals surface area contributed by atoms with E-state index < -0.39 is 5.91 Å². The third-order valence-electron chi connectivity index (χ3n) is 3.73. The number of carbonyl (C=O) groups excluding carboxylic acids is 1. The van der Waals surface area contributed by atoms with Crippen LogP contribution in [0.1, 0.15) is 34.8 Å². The third-order valence-corrected chi connectivity index (χ3v) is 4.59. The van der Waals surface area contributed by atoms with E-state index >= 15 is 0 Å². The number of aromatic nitrogens is 3. The van der Waals surface area contributed by atoms with Crippen LogP contribution in [0.4, 0.5) is 5.13 Å². The van der Waals surface area contributed by atoms with Gasteiger partial charge in [0, 0.05) is 12.6 Å². The highest BCUT2D eigenvalue weighted by molar-refractivity contribution is 7.15. The summed E-state index contributed by atoms with van der Waals surface area (Å²) in [5.74, 6) is -0.00419. The first kappa shape index (κ1) is 18.0. The monoisotopic (exact) mass is 368 g/mol. The molecule has 0 aliphatic rings. The molecule has 0 saturated heterocycles. The Morgan fingerprint density at radius 1 is 1.15 bits per heavy atom. The van der Waals surface area contributed by atoms with Gasteiger partial charge < -0.3 is 4.57 Å². The molecule has 3 aromatic rings. The van der Waals surface area contributed by atoms with Crippen molar-refractivity contribution in [3.8, 4) is 0 Å². The van der Waals surface area contributed by atoms with Crippen LogP contribution in [-0.4, -0.2) is 20.7 Å². The van der Waals surface area contributed by atoms with Crippen molar-refractivity contribution >= 4 is 22.4 Å². The molecule has 6 nitrogen and oxygen atoms in total. The molecular weight excluding hydrogens is 348 g/mol. The van der Waals surface area contributed by atoms with E-state index in [-0.39, 0.29) is 11.1 Å². The molecule has 2 aromatic heterocycles. The van der Waals surface area contributed by atoms with Gasteiger partial charge in [-0.3, -0.25) is 14.9 Å². The maximum absolute atomic E-state index is 12.6. The number of hydrogen-bond donors (Lipinski definition) is 1. The lowest BCUT2D eigenvalue weighted by Crippen LogP contribution is -2.29. The minimum Gasteiger partial charge on any atom is -0.310 e. The van der Waals surface area contributed by atoms with Crippen molar-refractivity contribution in [2.45, 2.75) is 26.8 Å². The van der Waals surface area contributed by atoms with Gasteiger partial charge in [0.1, 0.15) is 10.6 Å². The molecule has 1 aromatic carbocycles. The summed E-state index contributed by atoms with van der Waals surface area (Å²) in [5, 5.41) is 12.0. The van der Waals surface area contributed by atoms with Crippen molar-refractivity contribution in [2.75, 3.05) is 5.32 Å². The normalized spacial score (nSPS) is 10.9. The predicted molar refractivity (Wildman–Crippen MR) is 103 cm³/mol. The number of nitrogens with one attached hydrogen (secondary N) is 1. The molecule has 2 heterocycles. The zero-order valence-corrected chi connectivity index (χ0v) is 15.5. The Hall–Kier alpha value is -2.80. The SMILES string of the molecule is CC(C)Cc1nnc(NC(=O)c2cccn(Cc3ccccc3)c2=O)s1. The van der Waals surface area contributed by atoms with Gasteiger partial charge >= 0.3 is 0 Å². The van der Waals surface area contributed by atoms with E-state index in [0.29, 0.717) is 17.6 Å². The fourth-order valence-electron chi connectivity index (χ4n) is 2.51. The lowest BCUT2D eigenvalue weighted by molar-refractivity contribution is 0.102. The summed E-state index contributed by atoms with van der Waals surface area (Å²) in [6, 6.07) is 12.9. The Balaban J connectivity index is 1.76. The lowest BCUT2D eigenvalue weighted by atomic mass is 10.1. The molecule has 26 heavy (non-hydrogen) atoms. The quantitative estimate of drug-likeness (QED) is 0.725. The molecule has 0 spiro atoms. The number of carbonyl (C=O) groups is 1. The van der Waals surface area contributed by atoms with Gasteiger partial charge in [-0.15, -0.1) is 10.2 Å². The molecule has 0 aliphatic heterocycles. The number of benzene rings is 1. The molecule has 7 heteroatoms. The molecular formula is C19H20N4O2S. The van der Waals surface area contributed by atoms with E-state index in [2.05, 4.69) is 29.4 Å². The summed E-state index contributed by atoms with van der Waals surface area (Å²) < 4.78 is 1.52. The van der Waals surface area contributed by atoms with Gasteiger partial charge in [0.2, 0.25) is 5.13 Å². The first-order valence-corrected chi connectivity index (χ1v) is 9.21. The lowest BCUT2D eigenvalue weighted by Gasteiger charge is -2.08. The second-order valence-corrected chi connectivity index (χ2v) is 7.46. The second kappa shape index (κ2) is 8.05. The Kier molecular flexibility index (Phi) is 5.58. The minimum absolute atomic E-state index is 0.0871. The smallest absolute Gasteiger partial charge is 0.263 e. The zero-order valence-electron chi connectivity index (χ0n) is 14.7. The molecule has 0 fully saturated rings. The summed E-state index contributed by atoms with van der Waals surface area (Å²) in [5.41, 5.74) is 0.749. The Bertz CT molecular complexity index is 947. The Morgan fingerprint density at radius 2 is 1.92 bits per heavy atom. The van der Waals surface area contributed by atoms with E-state index in [9.17, 15) is 9.59 Å². The largest absolute Gasteiger partial charge is 0.310 e. The van der Waals surface area contributed by atoms with Crippen molar-refractivity contribution in [3.05, 3.63) is 75.1 Å². The summed E-state index contributed by atoms with van der Waals surface area (Å²) >= 11 is 1.33. The van der Waals surface area contributed by atoms with Crippen LogP contribution in [-0.2, 0) is 13.0 Å². The van der Waals surface area contributed by atoms with Gasteiger partial charge in [0.05, 0.1) is 6.54 Å². The molecule has 0 aliphatic carbocycles. The number of hydrogen-bond acceptors (Lipinski definition) is 5. The van der Waals surface area contributed by atoms with Crippen molar-refractivity contribution in [2.24, 2.45) is 5.92 Å². The van der Waals surface area contributed by atoms with E-state index in [1.165, 1.54) is 22.0 Å². The molecule has 0 bridgehead atoms. The highest BCUT2D eigenvalue weighted by Crippen LogP contribution is 2.18. The van der Waals surface area contributed by atoms with Crippen molar-refractivity contribution in [1.29, 1.82) is 0 Å². The van der Waals surface area contributed by atoms with Crippen LogP contribution < -0.4 is 10.9 Å². The molecule has 1 N–H and O–H groups in total. The van der Waals surface area contributed by atoms with E-state index in [1.54, 1.807) is 12.3 Å². The molecule has 0 radical (unpaired) electrons. The standard InChI is InChI=1S/C19H20N4O2S/c1-13(2)11-16-21-22-19(26-16)20-17(24)15-9-6-10-23(18(15)25)12-14-7-4-3-5-8-14/h3-10,13H,11-12H2,1-2H3,(H,20,22,24). The van der Waals surface area contributed by atoms with Gasteiger partial charge in [-0.2, -0.15) is 0 Å². The van der Waals surface area contributed by atoms with Crippen LogP contribution >= 0.6 is 11.3 Å². The predicted octanol–water partition coefficient (Wildman–Crippen LogP) is 3.20. The third kappa shape index (κ3) is 4.43. The summed E-state index contributed by atoms with van der Waals surface area (Å²) in [7, 11) is 0. The summed E-state index contributed by atoms with van der Waals surface area (Å²) in [6.45, 7) is 4.61. The maximum atomic E-state index is 12.6. The molecule has 1 amide bonds. The fourth-order valence-corrected chi connectivity index (χ4v) is 3.46. The number of pyridine rings is 1. The zero-order chi connectivity index (χ0) is 18.5. The van der Waals surface area contributed by atoms with Crippen molar-refractivity contribution in [1.82, 2.24) is 14.8 Å². The van der Waals surface area contributed by atoms with Crippen LogP contribution in [0.15, 0.2) is 53.5 Å². The highest BCUT2D eigenvalue weighted by atomic mass is 32.1. The highest BCUT2D eigenvalue weighted by Gasteiger charge is 2.15. The van der Waals surface area contributed by atoms with Crippen LogP contribution in [0.5, 0.6) is 0 Å². The Morgan fingerprint density at radius 3 is 2.65 bits per heavy atom. The van der Waals surface area contributed by atoms with E-state index in [0.717, 1.165) is 17.0 Å². The van der Waals surface area contributed by atoms with Gasteiger partial charge in [-0.1, -0.05) is 55.5 Å². The van der Waals surface area contributed by atoms with Crippen LogP contribution in [0.2, 0.25) is 0 Å². The van der Waals surface area contributed by atoms with Crippen LogP contribution in [0.25, 0.3) is 0 Å². The van der Waals surface area contributed by atoms with Crippen LogP contribution in [0, 0.1) is 5.92 Å². The first-order chi connectivity index (χ1) is 12.5.